The van der Waals surface area contributed by atoms with Crippen molar-refractivity contribution >= 4 is 11.4 Å². The largest absolute Gasteiger partial charge is 0.506 e. The third kappa shape index (κ3) is 2.73. The molecule has 154 valence electrons. The van der Waals surface area contributed by atoms with Crippen LogP contribution in [0.4, 0.5) is 11.4 Å². The molecule has 2 N–H and O–H groups in total. The van der Waals surface area contributed by atoms with Crippen LogP contribution in [0.25, 0.3) is 0 Å². The maximum Gasteiger partial charge on any atom is 0.139 e. The highest BCUT2D eigenvalue weighted by atomic mass is 16.3. The Hall–Kier alpha value is -2.00. The van der Waals surface area contributed by atoms with Gasteiger partial charge in [-0.05, 0) is 92.1 Å². The smallest absolute Gasteiger partial charge is 0.139 e. The summed E-state index contributed by atoms with van der Waals surface area (Å²) < 4.78 is 0. The third-order valence-corrected chi connectivity index (χ3v) is 8.59. The number of hydrogen-bond donors (Lipinski definition) is 2. The number of piperidine rings is 1. The molecule has 1 heterocycles. The van der Waals surface area contributed by atoms with Crippen molar-refractivity contribution in [2.24, 2.45) is 5.41 Å². The molecule has 1 saturated carbocycles. The number of nitrogens with zero attached hydrogens (tertiary/aromatic N) is 1. The fraction of sp³-hybridized carbons (Fsp3) is 0.538. The molecular formula is C26H34N2O. The van der Waals surface area contributed by atoms with E-state index in [1.807, 2.05) is 0 Å². The van der Waals surface area contributed by atoms with Crippen LogP contribution in [0.1, 0.15) is 62.6 Å². The average molecular weight is 391 g/mol. The van der Waals surface area contributed by atoms with E-state index in [-0.39, 0.29) is 5.41 Å². The maximum absolute atomic E-state index is 11.0. The predicted octanol–water partition coefficient (Wildman–Crippen LogP) is 5.78. The van der Waals surface area contributed by atoms with E-state index >= 15 is 0 Å². The number of nitrogens with one attached hydrogen (secondary N) is 1. The normalized spacial score (nSPS) is 31.1. The van der Waals surface area contributed by atoms with E-state index in [1.54, 1.807) is 0 Å². The van der Waals surface area contributed by atoms with Crippen LogP contribution in [0.15, 0.2) is 36.4 Å². The van der Waals surface area contributed by atoms with Gasteiger partial charge in [-0.1, -0.05) is 38.8 Å². The van der Waals surface area contributed by atoms with Gasteiger partial charge in [0.2, 0.25) is 0 Å². The number of aromatic hydroxyl groups is 1. The second-order valence-electron chi connectivity index (χ2n) is 9.86. The van der Waals surface area contributed by atoms with Crippen molar-refractivity contribution in [1.29, 1.82) is 0 Å². The Balaban J connectivity index is 1.56. The predicted molar refractivity (Wildman–Crippen MR) is 120 cm³/mol. The number of phenolic OH excluding ortho intramolecular Hbond substituents is 1. The molecule has 0 amide bonds. The van der Waals surface area contributed by atoms with Crippen LogP contribution in [0.3, 0.4) is 0 Å². The minimum atomic E-state index is 0.231. The Morgan fingerprint density at radius 1 is 1.10 bits per heavy atom. The molecule has 2 aromatic rings. The van der Waals surface area contributed by atoms with Crippen LogP contribution in [-0.2, 0) is 18.3 Å². The van der Waals surface area contributed by atoms with Crippen molar-refractivity contribution in [3.63, 3.8) is 0 Å². The number of hydrogen-bond acceptors (Lipinski definition) is 3. The van der Waals surface area contributed by atoms with Crippen LogP contribution in [0, 0.1) is 5.41 Å². The van der Waals surface area contributed by atoms with Gasteiger partial charge in [0.1, 0.15) is 5.75 Å². The summed E-state index contributed by atoms with van der Waals surface area (Å²) in [6.07, 6.45) is 8.59. The Morgan fingerprint density at radius 2 is 1.86 bits per heavy atom. The average Bonchev–Trinajstić information content (AvgIpc) is 2.72. The quantitative estimate of drug-likeness (QED) is 0.653. The minimum Gasteiger partial charge on any atom is -0.506 e. The van der Waals surface area contributed by atoms with Crippen LogP contribution >= 0.6 is 0 Å². The SMILES string of the molecule is CCc1ccc(Nc2cc3c(cc2O)[C@]24CCCC[C@]2(C)[C@H](C3)N(C)CC4)cc1. The molecule has 29 heavy (non-hydrogen) atoms. The molecule has 3 atom stereocenters. The summed E-state index contributed by atoms with van der Waals surface area (Å²) in [7, 11) is 2.31. The van der Waals surface area contributed by atoms with Crippen molar-refractivity contribution < 1.29 is 5.11 Å². The zero-order chi connectivity index (χ0) is 20.2. The summed E-state index contributed by atoms with van der Waals surface area (Å²) >= 11 is 0. The molecule has 0 radical (unpaired) electrons. The van der Waals surface area contributed by atoms with E-state index in [0.717, 1.165) is 24.2 Å². The third-order valence-electron chi connectivity index (χ3n) is 8.59. The number of benzene rings is 2. The monoisotopic (exact) mass is 390 g/mol. The molecule has 3 nitrogen and oxygen atoms in total. The summed E-state index contributed by atoms with van der Waals surface area (Å²) in [5, 5.41) is 14.4. The molecule has 1 saturated heterocycles. The van der Waals surface area contributed by atoms with Gasteiger partial charge in [0.15, 0.2) is 0 Å². The maximum atomic E-state index is 11.0. The second kappa shape index (κ2) is 6.77. The number of likely N-dealkylation sites (N-methyl/N-ethyl adjacent to an activating group) is 1. The van der Waals surface area contributed by atoms with Gasteiger partial charge in [-0.25, -0.2) is 0 Å². The molecule has 2 aliphatic carbocycles. The first-order valence-electron chi connectivity index (χ1n) is 11.4. The van der Waals surface area contributed by atoms with Gasteiger partial charge in [-0.15, -0.1) is 0 Å². The van der Waals surface area contributed by atoms with Crippen LogP contribution < -0.4 is 5.32 Å². The zero-order valence-corrected chi connectivity index (χ0v) is 18.1. The summed E-state index contributed by atoms with van der Waals surface area (Å²) in [6, 6.07) is 13.5. The molecule has 0 unspecified atom stereocenters. The molecule has 2 bridgehead atoms. The molecule has 0 aromatic heterocycles. The van der Waals surface area contributed by atoms with Crippen LogP contribution in [0.2, 0.25) is 0 Å². The van der Waals surface area contributed by atoms with Gasteiger partial charge in [-0.3, -0.25) is 0 Å². The second-order valence-corrected chi connectivity index (χ2v) is 9.86. The lowest BCUT2D eigenvalue weighted by atomic mass is 9.45. The Bertz CT molecular complexity index is 921. The van der Waals surface area contributed by atoms with E-state index in [1.165, 1.54) is 55.3 Å². The topological polar surface area (TPSA) is 35.5 Å². The lowest BCUT2D eigenvalue weighted by Crippen LogP contribution is -2.66. The molecule has 1 aliphatic heterocycles. The Kier molecular flexibility index (Phi) is 4.43. The van der Waals surface area contributed by atoms with Gasteiger partial charge in [0.05, 0.1) is 5.69 Å². The molecule has 5 rings (SSSR count). The Labute approximate surface area is 175 Å². The number of aryl methyl sites for hydroxylation is 1. The lowest BCUT2D eigenvalue weighted by Gasteiger charge is -2.65. The number of fused-ring (bicyclic) bond motifs is 1. The summed E-state index contributed by atoms with van der Waals surface area (Å²) in [4.78, 5) is 2.61. The highest BCUT2D eigenvalue weighted by Crippen LogP contribution is 2.63. The van der Waals surface area contributed by atoms with Gasteiger partial charge in [0.25, 0.3) is 0 Å². The zero-order valence-electron chi connectivity index (χ0n) is 18.1. The fourth-order valence-corrected chi connectivity index (χ4v) is 6.84. The first-order valence-corrected chi connectivity index (χ1v) is 11.4. The number of phenols is 1. The van der Waals surface area contributed by atoms with Crippen molar-refractivity contribution in [2.75, 3.05) is 18.9 Å². The van der Waals surface area contributed by atoms with Crippen molar-refractivity contribution in [1.82, 2.24) is 4.90 Å². The van der Waals surface area contributed by atoms with Crippen molar-refractivity contribution in [2.45, 2.75) is 70.3 Å². The van der Waals surface area contributed by atoms with E-state index in [9.17, 15) is 5.11 Å². The fourth-order valence-electron chi connectivity index (χ4n) is 6.84. The molecule has 3 aliphatic rings. The minimum absolute atomic E-state index is 0.231. The van der Waals surface area contributed by atoms with Crippen LogP contribution in [0.5, 0.6) is 5.75 Å². The summed E-state index contributed by atoms with van der Waals surface area (Å²) in [6.45, 7) is 5.88. The molecular weight excluding hydrogens is 356 g/mol. The molecule has 2 aromatic carbocycles. The van der Waals surface area contributed by atoms with Crippen LogP contribution in [-0.4, -0.2) is 29.6 Å². The number of anilines is 2. The first kappa shape index (κ1) is 19.0. The van der Waals surface area contributed by atoms with Crippen molar-refractivity contribution in [3.05, 3.63) is 53.1 Å². The van der Waals surface area contributed by atoms with Gasteiger partial charge in [0, 0.05) is 17.1 Å². The summed E-state index contributed by atoms with van der Waals surface area (Å²) in [5.41, 5.74) is 6.63. The number of likely N-dealkylation sites (tertiary alicyclic amines) is 1. The first-order chi connectivity index (χ1) is 14.0. The van der Waals surface area contributed by atoms with E-state index in [0.29, 0.717) is 17.2 Å². The highest BCUT2D eigenvalue weighted by molar-refractivity contribution is 5.69. The van der Waals surface area contributed by atoms with E-state index < -0.39 is 0 Å². The molecule has 0 spiro atoms. The molecule has 2 fully saturated rings. The molecule has 3 heteroatoms. The number of rotatable bonds is 3. The van der Waals surface area contributed by atoms with E-state index in [2.05, 4.69) is 67.5 Å². The van der Waals surface area contributed by atoms with E-state index in [4.69, 9.17) is 0 Å². The Morgan fingerprint density at radius 3 is 2.62 bits per heavy atom. The summed E-state index contributed by atoms with van der Waals surface area (Å²) in [5.74, 6) is 0.392. The standard InChI is InChI=1S/C26H34N2O/c1-4-18-7-9-20(10-8-18)27-22-15-19-16-24-25(2)11-5-6-12-26(25,13-14-28(24)3)21(19)17-23(22)29/h7-10,15,17,24,27,29H,4-6,11-14,16H2,1-3H3/t24-,25+,26+/m0/s1. The van der Waals surface area contributed by atoms with Gasteiger partial charge < -0.3 is 15.3 Å². The van der Waals surface area contributed by atoms with Gasteiger partial charge in [-0.2, -0.15) is 0 Å². The highest BCUT2D eigenvalue weighted by Gasteiger charge is 2.60. The lowest BCUT2D eigenvalue weighted by molar-refractivity contribution is -0.0735. The van der Waals surface area contributed by atoms with Crippen molar-refractivity contribution in [3.8, 4) is 5.75 Å². The van der Waals surface area contributed by atoms with Gasteiger partial charge >= 0.3 is 0 Å².